The number of aliphatic carboxylic acids is 1. The quantitative estimate of drug-likeness (QED) is 0.403. The molecule has 3 aromatic rings. The van der Waals surface area contributed by atoms with Crippen LogP contribution in [-0.2, 0) is 34.2 Å². The standard InChI is InChI=1S/C29H34N2O5S/c1-18(2)20-10-12-22(13-11-20)37(35,36)30-24-9-7-6-8-21(24)14-23-19(3)31(17-27(33)34)25-15-29(4,5)16-26(32)28(23)25/h6-13,18,30H,14-17H2,1-5H3,(H,33,34). The molecule has 1 aliphatic carbocycles. The Hall–Kier alpha value is -3.39. The van der Waals surface area contributed by atoms with Gasteiger partial charge >= 0.3 is 5.97 Å². The van der Waals surface area contributed by atoms with Crippen LogP contribution < -0.4 is 4.72 Å². The molecule has 37 heavy (non-hydrogen) atoms. The second kappa shape index (κ2) is 9.82. The van der Waals surface area contributed by atoms with E-state index in [1.807, 2.05) is 58.9 Å². The number of benzene rings is 2. The highest BCUT2D eigenvalue weighted by molar-refractivity contribution is 7.92. The van der Waals surface area contributed by atoms with Crippen molar-refractivity contribution in [1.82, 2.24) is 4.57 Å². The lowest BCUT2D eigenvalue weighted by Gasteiger charge is -2.30. The maximum absolute atomic E-state index is 13.3. The predicted octanol–water partition coefficient (Wildman–Crippen LogP) is 5.55. The number of Topliss-reactive ketones (excluding diaryl/α,β-unsaturated/α-hetero) is 1. The van der Waals surface area contributed by atoms with Gasteiger partial charge in [-0.15, -0.1) is 0 Å². The van der Waals surface area contributed by atoms with Crippen molar-refractivity contribution in [1.29, 1.82) is 0 Å². The van der Waals surface area contributed by atoms with Gasteiger partial charge in [0.1, 0.15) is 6.54 Å². The van der Waals surface area contributed by atoms with Crippen LogP contribution in [0.4, 0.5) is 5.69 Å². The zero-order valence-electron chi connectivity index (χ0n) is 22.0. The number of nitrogens with zero attached hydrogens (tertiary/aromatic N) is 1. The Bertz CT molecular complexity index is 1460. The van der Waals surface area contributed by atoms with Crippen molar-refractivity contribution >= 4 is 27.5 Å². The summed E-state index contributed by atoms with van der Waals surface area (Å²) in [6, 6.07) is 14.0. The minimum Gasteiger partial charge on any atom is -0.480 e. The van der Waals surface area contributed by atoms with E-state index in [2.05, 4.69) is 4.72 Å². The summed E-state index contributed by atoms with van der Waals surface area (Å²) < 4.78 is 30.9. The fourth-order valence-electron chi connectivity index (χ4n) is 5.17. The molecule has 1 aromatic heterocycles. The van der Waals surface area contributed by atoms with Crippen molar-refractivity contribution < 1.29 is 23.1 Å². The van der Waals surface area contributed by atoms with Crippen LogP contribution in [0.2, 0.25) is 0 Å². The zero-order chi connectivity index (χ0) is 27.1. The second-order valence-corrected chi connectivity index (χ2v) is 12.7. The van der Waals surface area contributed by atoms with Gasteiger partial charge in [0.25, 0.3) is 10.0 Å². The van der Waals surface area contributed by atoms with Crippen LogP contribution in [0.25, 0.3) is 0 Å². The Morgan fingerprint density at radius 3 is 2.35 bits per heavy atom. The number of carboxylic acids is 1. The lowest BCUT2D eigenvalue weighted by molar-refractivity contribution is -0.137. The summed E-state index contributed by atoms with van der Waals surface area (Å²) in [4.78, 5) is 25.1. The number of anilines is 1. The van der Waals surface area contributed by atoms with E-state index in [9.17, 15) is 23.1 Å². The molecule has 2 aromatic carbocycles. The van der Waals surface area contributed by atoms with Crippen molar-refractivity contribution in [3.8, 4) is 0 Å². The molecule has 196 valence electrons. The van der Waals surface area contributed by atoms with Crippen molar-refractivity contribution in [2.24, 2.45) is 5.41 Å². The topological polar surface area (TPSA) is 105 Å². The van der Waals surface area contributed by atoms with Crippen LogP contribution in [0.5, 0.6) is 0 Å². The Morgan fingerprint density at radius 2 is 1.73 bits per heavy atom. The molecule has 0 radical (unpaired) electrons. The Labute approximate surface area is 218 Å². The average molecular weight is 523 g/mol. The molecule has 0 atom stereocenters. The predicted molar refractivity (Wildman–Crippen MR) is 144 cm³/mol. The molecule has 0 unspecified atom stereocenters. The Kier molecular flexibility index (Phi) is 7.08. The second-order valence-electron chi connectivity index (χ2n) is 11.0. The smallest absolute Gasteiger partial charge is 0.323 e. The number of rotatable bonds is 8. The van der Waals surface area contributed by atoms with Crippen molar-refractivity contribution in [2.75, 3.05) is 4.72 Å². The van der Waals surface area contributed by atoms with Crippen LogP contribution in [0.3, 0.4) is 0 Å². The van der Waals surface area contributed by atoms with E-state index in [-0.39, 0.29) is 22.6 Å². The lowest BCUT2D eigenvalue weighted by Crippen LogP contribution is -2.29. The first-order chi connectivity index (χ1) is 17.3. The highest BCUT2D eigenvalue weighted by Gasteiger charge is 2.37. The summed E-state index contributed by atoms with van der Waals surface area (Å²) in [6.07, 6.45) is 1.28. The number of carboxylic acid groups (broad SMARTS) is 1. The molecule has 2 N–H and O–H groups in total. The van der Waals surface area contributed by atoms with Crippen LogP contribution in [0, 0.1) is 12.3 Å². The lowest BCUT2D eigenvalue weighted by atomic mass is 9.75. The van der Waals surface area contributed by atoms with E-state index in [0.29, 0.717) is 42.0 Å². The van der Waals surface area contributed by atoms with Gasteiger partial charge in [0.05, 0.1) is 10.6 Å². The molecule has 0 saturated carbocycles. The molecule has 1 heterocycles. The van der Waals surface area contributed by atoms with Crippen LogP contribution >= 0.6 is 0 Å². The number of para-hydroxylation sites is 1. The average Bonchev–Trinajstić information content (AvgIpc) is 3.04. The normalized spacial score (nSPS) is 15.0. The number of ketones is 1. The Morgan fingerprint density at radius 1 is 1.08 bits per heavy atom. The van der Waals surface area contributed by atoms with E-state index in [1.165, 1.54) is 0 Å². The fourth-order valence-corrected chi connectivity index (χ4v) is 6.27. The van der Waals surface area contributed by atoms with Gasteiger partial charge < -0.3 is 9.67 Å². The van der Waals surface area contributed by atoms with Gasteiger partial charge in [-0.25, -0.2) is 8.42 Å². The maximum atomic E-state index is 13.3. The van der Waals surface area contributed by atoms with Gasteiger partial charge in [-0.3, -0.25) is 14.3 Å². The Balaban J connectivity index is 1.73. The van der Waals surface area contributed by atoms with Crippen LogP contribution in [0.15, 0.2) is 53.4 Å². The minimum absolute atomic E-state index is 0.00297. The molecular weight excluding hydrogens is 488 g/mol. The highest BCUT2D eigenvalue weighted by atomic mass is 32.2. The minimum atomic E-state index is -3.83. The first kappa shape index (κ1) is 26.7. The van der Waals surface area contributed by atoms with Gasteiger partial charge in [-0.05, 0) is 59.6 Å². The molecule has 0 spiro atoms. The number of nitrogens with one attached hydrogen (secondary N) is 1. The summed E-state index contributed by atoms with van der Waals surface area (Å²) in [5.41, 5.74) is 4.74. The van der Waals surface area contributed by atoms with Crippen LogP contribution in [0.1, 0.15) is 78.5 Å². The number of carbonyl (C=O) groups is 2. The molecule has 0 bridgehead atoms. The molecular formula is C29H34N2O5S. The molecule has 0 aliphatic heterocycles. The van der Waals surface area contributed by atoms with Gasteiger partial charge in [0.2, 0.25) is 0 Å². The first-order valence-corrected chi connectivity index (χ1v) is 13.9. The third-order valence-corrected chi connectivity index (χ3v) is 8.48. The van der Waals surface area contributed by atoms with E-state index < -0.39 is 16.0 Å². The molecule has 4 rings (SSSR count). The summed E-state index contributed by atoms with van der Waals surface area (Å²) in [6.45, 7) is 9.73. The molecule has 0 amide bonds. The van der Waals surface area contributed by atoms with Gasteiger partial charge in [-0.1, -0.05) is 58.0 Å². The molecule has 1 aliphatic rings. The summed E-state index contributed by atoms with van der Waals surface area (Å²) in [7, 11) is -3.83. The molecule has 7 nitrogen and oxygen atoms in total. The van der Waals surface area contributed by atoms with Crippen LogP contribution in [-0.4, -0.2) is 29.8 Å². The summed E-state index contributed by atoms with van der Waals surface area (Å²) in [5.74, 6) is -0.682. The summed E-state index contributed by atoms with van der Waals surface area (Å²) in [5, 5.41) is 9.53. The van der Waals surface area contributed by atoms with E-state index in [4.69, 9.17) is 0 Å². The van der Waals surface area contributed by atoms with E-state index >= 15 is 0 Å². The number of fused-ring (bicyclic) bond motifs is 1. The number of hydrogen-bond donors (Lipinski definition) is 2. The van der Waals surface area contributed by atoms with Crippen molar-refractivity contribution in [3.05, 3.63) is 82.2 Å². The number of aromatic nitrogens is 1. The molecule has 8 heteroatoms. The number of sulfonamides is 1. The van der Waals surface area contributed by atoms with E-state index in [1.54, 1.807) is 28.8 Å². The van der Waals surface area contributed by atoms with Crippen molar-refractivity contribution in [3.63, 3.8) is 0 Å². The summed E-state index contributed by atoms with van der Waals surface area (Å²) >= 11 is 0. The highest BCUT2D eigenvalue weighted by Crippen LogP contribution is 2.40. The molecule has 0 fully saturated rings. The number of hydrogen-bond acceptors (Lipinski definition) is 4. The first-order valence-electron chi connectivity index (χ1n) is 12.5. The van der Waals surface area contributed by atoms with Gasteiger partial charge in [-0.2, -0.15) is 0 Å². The zero-order valence-corrected chi connectivity index (χ0v) is 22.8. The van der Waals surface area contributed by atoms with Gasteiger partial charge in [0.15, 0.2) is 5.78 Å². The SMILES string of the molecule is Cc1c(Cc2ccccc2NS(=O)(=O)c2ccc(C(C)C)cc2)c2c(n1CC(=O)O)CC(C)(C)CC2=O. The van der Waals surface area contributed by atoms with E-state index in [0.717, 1.165) is 22.5 Å². The third kappa shape index (κ3) is 5.49. The van der Waals surface area contributed by atoms with Gasteiger partial charge in [0, 0.05) is 29.8 Å². The maximum Gasteiger partial charge on any atom is 0.323 e. The monoisotopic (exact) mass is 522 g/mol. The number of carbonyl (C=O) groups excluding carboxylic acids is 1. The fraction of sp³-hybridized carbons (Fsp3) is 0.379. The largest absolute Gasteiger partial charge is 0.480 e. The third-order valence-electron chi connectivity index (χ3n) is 7.10. The molecule has 0 saturated heterocycles. The van der Waals surface area contributed by atoms with Crippen molar-refractivity contribution in [2.45, 2.75) is 71.2 Å².